The van der Waals surface area contributed by atoms with E-state index in [0.717, 1.165) is 12.2 Å². The Hall–Kier alpha value is -2.76. The summed E-state index contributed by atoms with van der Waals surface area (Å²) in [7, 11) is 0. The Balaban J connectivity index is 2.03. The summed E-state index contributed by atoms with van der Waals surface area (Å²) in [6.07, 6.45) is 2.01. The number of carbonyl (C=O) groups excluding carboxylic acids is 2. The normalized spacial score (nSPS) is 10.6. The van der Waals surface area contributed by atoms with Crippen molar-refractivity contribution < 1.29 is 14.3 Å². The van der Waals surface area contributed by atoms with Crippen molar-refractivity contribution in [2.75, 3.05) is 13.2 Å². The van der Waals surface area contributed by atoms with Gasteiger partial charge in [-0.15, -0.1) is 0 Å². The number of carbonyl (C=O) groups is 2. The second-order valence-electron chi connectivity index (χ2n) is 6.30. The van der Waals surface area contributed by atoms with Crippen LogP contribution in [0.4, 0.5) is 4.79 Å². The number of benzene rings is 1. The number of nitrogens with zero attached hydrogens (tertiary/aromatic N) is 2. The summed E-state index contributed by atoms with van der Waals surface area (Å²) in [6.45, 7) is 7.03. The minimum Gasteiger partial charge on any atom is -0.465 e. The summed E-state index contributed by atoms with van der Waals surface area (Å²) < 4.78 is 6.98. The summed E-state index contributed by atoms with van der Waals surface area (Å²) in [6, 6.07) is 13.9. The van der Waals surface area contributed by atoms with Crippen LogP contribution in [-0.2, 0) is 22.6 Å². The molecule has 0 radical (unpaired) electrons. The first-order chi connectivity index (χ1) is 12.5. The third-order valence-electron chi connectivity index (χ3n) is 4.03. The van der Waals surface area contributed by atoms with Gasteiger partial charge in [0, 0.05) is 24.5 Å². The highest BCUT2D eigenvalue weighted by Gasteiger charge is 2.19. The summed E-state index contributed by atoms with van der Waals surface area (Å²) >= 11 is 0. The largest absolute Gasteiger partial charge is 0.465 e. The van der Waals surface area contributed by atoms with Gasteiger partial charge in [-0.25, -0.2) is 4.79 Å². The first-order valence-electron chi connectivity index (χ1n) is 8.89. The third-order valence-corrected chi connectivity index (χ3v) is 4.03. The van der Waals surface area contributed by atoms with Crippen molar-refractivity contribution in [3.05, 3.63) is 59.9 Å². The van der Waals surface area contributed by atoms with Gasteiger partial charge in [-0.05, 0) is 38.5 Å². The van der Waals surface area contributed by atoms with E-state index in [-0.39, 0.29) is 18.6 Å². The standard InChI is InChI=1S/C20H27N3O3/c1-4-26-19(24)13-21-20(25)23(16(2)3)15-18-11-8-12-22(18)14-17-9-6-5-7-10-17/h5-12,16H,4,13-15H2,1-3H3,(H,21,25). The molecule has 0 spiro atoms. The molecule has 0 fully saturated rings. The van der Waals surface area contributed by atoms with Crippen LogP contribution < -0.4 is 5.32 Å². The predicted octanol–water partition coefficient (Wildman–Crippen LogP) is 3.02. The highest BCUT2D eigenvalue weighted by Crippen LogP contribution is 2.12. The fourth-order valence-electron chi connectivity index (χ4n) is 2.65. The lowest BCUT2D eigenvalue weighted by Crippen LogP contribution is -2.45. The van der Waals surface area contributed by atoms with Gasteiger partial charge in [-0.3, -0.25) is 4.79 Å². The molecule has 2 aromatic rings. The number of aromatic nitrogens is 1. The number of ether oxygens (including phenoxy) is 1. The van der Waals surface area contributed by atoms with Gasteiger partial charge in [-0.1, -0.05) is 30.3 Å². The van der Waals surface area contributed by atoms with Gasteiger partial charge in [0.25, 0.3) is 0 Å². The Kier molecular flexibility index (Phi) is 7.26. The van der Waals surface area contributed by atoms with Crippen LogP contribution in [0.25, 0.3) is 0 Å². The second-order valence-corrected chi connectivity index (χ2v) is 6.30. The van der Waals surface area contributed by atoms with Gasteiger partial charge in [-0.2, -0.15) is 0 Å². The van der Waals surface area contributed by atoms with Crippen LogP contribution in [0.5, 0.6) is 0 Å². The average molecular weight is 357 g/mol. The van der Waals surface area contributed by atoms with Crippen molar-refractivity contribution in [2.45, 2.75) is 39.9 Å². The van der Waals surface area contributed by atoms with Gasteiger partial charge < -0.3 is 19.5 Å². The van der Waals surface area contributed by atoms with Gasteiger partial charge in [0.1, 0.15) is 6.54 Å². The van der Waals surface area contributed by atoms with E-state index in [0.29, 0.717) is 13.2 Å². The van der Waals surface area contributed by atoms with Crippen LogP contribution in [0.3, 0.4) is 0 Å². The van der Waals surface area contributed by atoms with Crippen LogP contribution in [0.1, 0.15) is 32.0 Å². The number of esters is 1. The summed E-state index contributed by atoms with van der Waals surface area (Å²) in [4.78, 5) is 25.6. The Morgan fingerprint density at radius 3 is 2.54 bits per heavy atom. The molecule has 0 aliphatic heterocycles. The van der Waals surface area contributed by atoms with Crippen molar-refractivity contribution in [3.63, 3.8) is 0 Å². The van der Waals surface area contributed by atoms with E-state index in [4.69, 9.17) is 4.74 Å². The Morgan fingerprint density at radius 1 is 1.15 bits per heavy atom. The molecule has 6 heteroatoms. The van der Waals surface area contributed by atoms with Crippen molar-refractivity contribution in [1.82, 2.24) is 14.8 Å². The van der Waals surface area contributed by atoms with Crippen molar-refractivity contribution >= 4 is 12.0 Å². The summed E-state index contributed by atoms with van der Waals surface area (Å²) in [5.41, 5.74) is 2.24. The predicted molar refractivity (Wildman–Crippen MR) is 101 cm³/mol. The molecule has 2 rings (SSSR count). The molecule has 2 amide bonds. The van der Waals surface area contributed by atoms with E-state index in [2.05, 4.69) is 22.0 Å². The fraction of sp³-hybridized carbons (Fsp3) is 0.400. The first kappa shape index (κ1) is 19.6. The maximum atomic E-state index is 12.5. The Labute approximate surface area is 154 Å². The molecule has 1 heterocycles. The number of hydrogen-bond acceptors (Lipinski definition) is 3. The molecule has 1 N–H and O–H groups in total. The van der Waals surface area contributed by atoms with E-state index < -0.39 is 5.97 Å². The lowest BCUT2D eigenvalue weighted by molar-refractivity contribution is -0.141. The van der Waals surface area contributed by atoms with Crippen LogP contribution >= 0.6 is 0 Å². The zero-order valence-corrected chi connectivity index (χ0v) is 15.6. The second kappa shape index (κ2) is 9.65. The summed E-state index contributed by atoms with van der Waals surface area (Å²) in [5.74, 6) is -0.433. The molecular formula is C20H27N3O3. The van der Waals surface area contributed by atoms with E-state index in [1.54, 1.807) is 11.8 Å². The lowest BCUT2D eigenvalue weighted by atomic mass is 10.2. The topological polar surface area (TPSA) is 63.6 Å². The molecule has 26 heavy (non-hydrogen) atoms. The third kappa shape index (κ3) is 5.65. The van der Waals surface area contributed by atoms with Crippen LogP contribution in [0, 0.1) is 0 Å². The molecule has 0 saturated carbocycles. The van der Waals surface area contributed by atoms with Gasteiger partial charge in [0.2, 0.25) is 0 Å². The minimum absolute atomic E-state index is 0.00253. The highest BCUT2D eigenvalue weighted by molar-refractivity contribution is 5.81. The quantitative estimate of drug-likeness (QED) is 0.739. The number of rotatable bonds is 8. The van der Waals surface area contributed by atoms with E-state index >= 15 is 0 Å². The number of nitrogens with one attached hydrogen (secondary N) is 1. The zero-order chi connectivity index (χ0) is 18.9. The van der Waals surface area contributed by atoms with E-state index in [1.807, 2.05) is 50.4 Å². The maximum absolute atomic E-state index is 12.5. The van der Waals surface area contributed by atoms with Crippen molar-refractivity contribution in [3.8, 4) is 0 Å². The monoisotopic (exact) mass is 357 g/mol. The molecule has 0 atom stereocenters. The molecule has 0 aliphatic carbocycles. The fourth-order valence-corrected chi connectivity index (χ4v) is 2.65. The molecule has 140 valence electrons. The minimum atomic E-state index is -0.433. The summed E-state index contributed by atoms with van der Waals surface area (Å²) in [5, 5.41) is 2.63. The SMILES string of the molecule is CCOC(=O)CNC(=O)N(Cc1cccn1Cc1ccccc1)C(C)C. The van der Waals surface area contributed by atoms with Crippen molar-refractivity contribution in [2.24, 2.45) is 0 Å². The number of urea groups is 1. The van der Waals surface area contributed by atoms with Crippen LogP contribution in [0.15, 0.2) is 48.7 Å². The molecule has 6 nitrogen and oxygen atoms in total. The van der Waals surface area contributed by atoms with Crippen LogP contribution in [0.2, 0.25) is 0 Å². The zero-order valence-electron chi connectivity index (χ0n) is 15.6. The van der Waals surface area contributed by atoms with E-state index in [9.17, 15) is 9.59 Å². The molecule has 0 aliphatic rings. The Bertz CT molecular complexity index is 710. The van der Waals surface area contributed by atoms with Gasteiger partial charge in [0.05, 0.1) is 13.2 Å². The average Bonchev–Trinajstić information content (AvgIpc) is 3.05. The van der Waals surface area contributed by atoms with Crippen molar-refractivity contribution in [1.29, 1.82) is 0 Å². The molecule has 0 bridgehead atoms. The van der Waals surface area contributed by atoms with Crippen LogP contribution in [-0.4, -0.2) is 40.7 Å². The first-order valence-corrected chi connectivity index (χ1v) is 8.89. The maximum Gasteiger partial charge on any atom is 0.325 e. The molecule has 1 aromatic heterocycles. The molecular weight excluding hydrogens is 330 g/mol. The van der Waals surface area contributed by atoms with E-state index in [1.165, 1.54) is 5.56 Å². The van der Waals surface area contributed by atoms with Gasteiger partial charge >= 0.3 is 12.0 Å². The molecule has 1 aromatic carbocycles. The number of hydrogen-bond donors (Lipinski definition) is 1. The number of amides is 2. The smallest absolute Gasteiger partial charge is 0.325 e. The highest BCUT2D eigenvalue weighted by atomic mass is 16.5. The molecule has 0 unspecified atom stereocenters. The lowest BCUT2D eigenvalue weighted by Gasteiger charge is -2.27. The molecule has 0 saturated heterocycles. The van der Waals surface area contributed by atoms with Gasteiger partial charge in [0.15, 0.2) is 0 Å². The Morgan fingerprint density at radius 2 is 1.88 bits per heavy atom.